The molecule has 1 N–H and O–H groups in total. The van der Waals surface area contributed by atoms with Gasteiger partial charge in [0.25, 0.3) is 0 Å². The van der Waals surface area contributed by atoms with Crippen LogP contribution < -0.4 is 5.32 Å². The van der Waals surface area contributed by atoms with Crippen LogP contribution in [0.1, 0.15) is 31.7 Å². The first-order valence-electron chi connectivity index (χ1n) is 8.31. The SMILES string of the molecule is CCCCCN(CC(=O)Nc1ccon1)C(=O)Cc1ccc(F)cc1. The molecule has 7 heteroatoms. The average molecular weight is 347 g/mol. The Morgan fingerprint density at radius 2 is 1.96 bits per heavy atom. The average Bonchev–Trinajstić information content (AvgIpc) is 3.09. The van der Waals surface area contributed by atoms with Crippen LogP contribution in [0.25, 0.3) is 0 Å². The van der Waals surface area contributed by atoms with Crippen LogP contribution in [-0.4, -0.2) is 35.0 Å². The molecule has 134 valence electrons. The van der Waals surface area contributed by atoms with Gasteiger partial charge in [-0.1, -0.05) is 37.1 Å². The van der Waals surface area contributed by atoms with Crippen molar-refractivity contribution in [1.29, 1.82) is 0 Å². The Morgan fingerprint density at radius 1 is 1.20 bits per heavy atom. The molecule has 0 radical (unpaired) electrons. The van der Waals surface area contributed by atoms with Crippen LogP contribution in [0.5, 0.6) is 0 Å². The van der Waals surface area contributed by atoms with Gasteiger partial charge in [0.1, 0.15) is 12.1 Å². The van der Waals surface area contributed by atoms with Gasteiger partial charge >= 0.3 is 0 Å². The number of nitrogens with one attached hydrogen (secondary N) is 1. The van der Waals surface area contributed by atoms with E-state index in [0.717, 1.165) is 19.3 Å². The first kappa shape index (κ1) is 18.6. The largest absolute Gasteiger partial charge is 0.363 e. The summed E-state index contributed by atoms with van der Waals surface area (Å²) in [4.78, 5) is 26.2. The summed E-state index contributed by atoms with van der Waals surface area (Å²) in [5.41, 5.74) is 0.712. The number of carbonyl (C=O) groups excluding carboxylic acids is 2. The van der Waals surface area contributed by atoms with Crippen LogP contribution in [0.3, 0.4) is 0 Å². The lowest BCUT2D eigenvalue weighted by Gasteiger charge is -2.22. The molecule has 6 nitrogen and oxygen atoms in total. The van der Waals surface area contributed by atoms with Gasteiger partial charge in [-0.15, -0.1) is 0 Å². The second kappa shape index (κ2) is 9.56. The Labute approximate surface area is 146 Å². The van der Waals surface area contributed by atoms with E-state index in [2.05, 4.69) is 21.9 Å². The Kier molecular flexibility index (Phi) is 7.13. The molecule has 1 aromatic carbocycles. The second-order valence-electron chi connectivity index (χ2n) is 5.76. The Hall–Kier alpha value is -2.70. The minimum atomic E-state index is -0.344. The van der Waals surface area contributed by atoms with Crippen molar-refractivity contribution in [2.75, 3.05) is 18.4 Å². The molecule has 0 aliphatic rings. The normalized spacial score (nSPS) is 10.5. The molecule has 1 aromatic heterocycles. The van der Waals surface area contributed by atoms with Crippen molar-refractivity contribution in [2.45, 2.75) is 32.6 Å². The number of hydrogen-bond acceptors (Lipinski definition) is 4. The summed E-state index contributed by atoms with van der Waals surface area (Å²) in [6.07, 6.45) is 4.30. The van der Waals surface area contributed by atoms with Crippen molar-refractivity contribution in [3.63, 3.8) is 0 Å². The predicted octanol–water partition coefficient (Wildman–Crippen LogP) is 3.01. The van der Waals surface area contributed by atoms with Gasteiger partial charge in [0.2, 0.25) is 11.8 Å². The summed E-state index contributed by atoms with van der Waals surface area (Å²) in [6.45, 7) is 2.51. The Balaban J connectivity index is 1.96. The van der Waals surface area contributed by atoms with E-state index in [-0.39, 0.29) is 30.6 Å². The van der Waals surface area contributed by atoms with Gasteiger partial charge in [0, 0.05) is 12.6 Å². The van der Waals surface area contributed by atoms with Crippen molar-refractivity contribution in [3.05, 3.63) is 48.0 Å². The lowest BCUT2D eigenvalue weighted by atomic mass is 10.1. The highest BCUT2D eigenvalue weighted by molar-refractivity contribution is 5.94. The molecule has 0 fully saturated rings. The van der Waals surface area contributed by atoms with E-state index in [1.54, 1.807) is 12.1 Å². The van der Waals surface area contributed by atoms with Crippen molar-refractivity contribution in [3.8, 4) is 0 Å². The number of amides is 2. The molecule has 2 rings (SSSR count). The number of halogens is 1. The number of hydrogen-bond donors (Lipinski definition) is 1. The van der Waals surface area contributed by atoms with Crippen LogP contribution >= 0.6 is 0 Å². The van der Waals surface area contributed by atoms with E-state index in [1.165, 1.54) is 29.4 Å². The Bertz CT molecular complexity index is 671. The highest BCUT2D eigenvalue weighted by Crippen LogP contribution is 2.08. The minimum Gasteiger partial charge on any atom is -0.363 e. The predicted molar refractivity (Wildman–Crippen MR) is 91.3 cm³/mol. The minimum absolute atomic E-state index is 0.0589. The summed E-state index contributed by atoms with van der Waals surface area (Å²) < 4.78 is 17.6. The fourth-order valence-corrected chi connectivity index (χ4v) is 2.37. The first-order valence-corrected chi connectivity index (χ1v) is 8.31. The maximum atomic E-state index is 13.0. The topological polar surface area (TPSA) is 75.4 Å². The molecule has 0 bridgehead atoms. The molecule has 0 saturated carbocycles. The smallest absolute Gasteiger partial charge is 0.245 e. The number of nitrogens with zero attached hydrogens (tertiary/aromatic N) is 2. The molecule has 0 saturated heterocycles. The lowest BCUT2D eigenvalue weighted by molar-refractivity contribution is -0.134. The third-order valence-corrected chi connectivity index (χ3v) is 3.69. The molecular formula is C18H22FN3O3. The van der Waals surface area contributed by atoms with Gasteiger partial charge in [-0.25, -0.2) is 4.39 Å². The van der Waals surface area contributed by atoms with Crippen LogP contribution in [0.4, 0.5) is 10.2 Å². The number of rotatable bonds is 9. The zero-order valence-corrected chi connectivity index (χ0v) is 14.2. The summed E-state index contributed by atoms with van der Waals surface area (Å²) in [7, 11) is 0. The quantitative estimate of drug-likeness (QED) is 0.708. The zero-order chi connectivity index (χ0) is 18.1. The first-order chi connectivity index (χ1) is 12.1. The number of aromatic nitrogens is 1. The van der Waals surface area contributed by atoms with Gasteiger partial charge in [0.05, 0.1) is 13.0 Å². The highest BCUT2D eigenvalue weighted by Gasteiger charge is 2.18. The molecule has 2 amide bonds. The molecule has 2 aromatic rings. The second-order valence-corrected chi connectivity index (χ2v) is 5.76. The van der Waals surface area contributed by atoms with Crippen molar-refractivity contribution in [2.24, 2.45) is 0 Å². The van der Waals surface area contributed by atoms with E-state index in [9.17, 15) is 14.0 Å². The summed E-state index contributed by atoms with van der Waals surface area (Å²) in [5.74, 6) is -0.539. The Morgan fingerprint density at radius 3 is 2.60 bits per heavy atom. The molecule has 1 heterocycles. The number of carbonyl (C=O) groups is 2. The van der Waals surface area contributed by atoms with E-state index < -0.39 is 0 Å². The number of unbranched alkanes of at least 4 members (excludes halogenated alkanes) is 2. The van der Waals surface area contributed by atoms with Crippen LogP contribution in [-0.2, 0) is 16.0 Å². The fourth-order valence-electron chi connectivity index (χ4n) is 2.37. The third kappa shape index (κ3) is 6.37. The van der Waals surface area contributed by atoms with E-state index in [1.807, 2.05) is 0 Å². The molecule has 0 aliphatic heterocycles. The maximum Gasteiger partial charge on any atom is 0.245 e. The van der Waals surface area contributed by atoms with Crippen molar-refractivity contribution in [1.82, 2.24) is 10.1 Å². The van der Waals surface area contributed by atoms with Gasteiger partial charge in [-0.2, -0.15) is 0 Å². The highest BCUT2D eigenvalue weighted by atomic mass is 19.1. The lowest BCUT2D eigenvalue weighted by Crippen LogP contribution is -2.39. The molecule has 0 spiro atoms. The van der Waals surface area contributed by atoms with Gasteiger partial charge in [-0.05, 0) is 24.1 Å². The van der Waals surface area contributed by atoms with Crippen molar-refractivity contribution < 1.29 is 18.5 Å². The monoisotopic (exact) mass is 347 g/mol. The van der Waals surface area contributed by atoms with E-state index in [0.29, 0.717) is 17.9 Å². The molecule has 0 aliphatic carbocycles. The van der Waals surface area contributed by atoms with Crippen LogP contribution in [0.2, 0.25) is 0 Å². The van der Waals surface area contributed by atoms with Gasteiger partial charge in [0.15, 0.2) is 5.82 Å². The van der Waals surface area contributed by atoms with E-state index in [4.69, 9.17) is 0 Å². The number of benzene rings is 1. The van der Waals surface area contributed by atoms with Gasteiger partial charge in [-0.3, -0.25) is 9.59 Å². The fraction of sp³-hybridized carbons (Fsp3) is 0.389. The number of anilines is 1. The molecule has 0 unspecified atom stereocenters. The summed E-state index contributed by atoms with van der Waals surface area (Å²) in [5, 5.41) is 6.20. The standard InChI is InChI=1S/C18H22FN3O3/c1-2-3-4-10-22(13-17(23)20-16-9-11-25-21-16)18(24)12-14-5-7-15(19)8-6-14/h5-9,11H,2-4,10,12-13H2,1H3,(H,20,21,23). The molecular weight excluding hydrogens is 325 g/mol. The molecule has 0 atom stereocenters. The van der Waals surface area contributed by atoms with Crippen LogP contribution in [0, 0.1) is 5.82 Å². The molecule has 25 heavy (non-hydrogen) atoms. The summed E-state index contributed by atoms with van der Waals surface area (Å²) in [6, 6.07) is 7.32. The zero-order valence-electron chi connectivity index (χ0n) is 14.2. The van der Waals surface area contributed by atoms with Crippen LogP contribution in [0.15, 0.2) is 41.1 Å². The van der Waals surface area contributed by atoms with E-state index >= 15 is 0 Å². The maximum absolute atomic E-state index is 13.0. The van der Waals surface area contributed by atoms with Gasteiger partial charge < -0.3 is 14.7 Å². The van der Waals surface area contributed by atoms with Crippen molar-refractivity contribution >= 4 is 17.6 Å². The third-order valence-electron chi connectivity index (χ3n) is 3.69. The summed E-state index contributed by atoms with van der Waals surface area (Å²) >= 11 is 0.